The van der Waals surface area contributed by atoms with Crippen LogP contribution < -0.4 is 4.74 Å². The molecule has 1 unspecified atom stereocenters. The number of aldehydes is 1. The van der Waals surface area contributed by atoms with Crippen molar-refractivity contribution in [3.63, 3.8) is 0 Å². The SMILES string of the molecule is CC(C)(C=O)C1c2ccncc2Oc2nc(-c3ccc(C(=O)O)cc3)ccc21. The number of pyridine rings is 2. The summed E-state index contributed by atoms with van der Waals surface area (Å²) in [6, 6.07) is 12.1. The van der Waals surface area contributed by atoms with Crippen molar-refractivity contribution in [2.45, 2.75) is 19.8 Å². The molecule has 0 saturated heterocycles. The van der Waals surface area contributed by atoms with Crippen LogP contribution in [0.1, 0.15) is 41.3 Å². The molecule has 1 aromatic carbocycles. The maximum Gasteiger partial charge on any atom is 0.335 e. The van der Waals surface area contributed by atoms with Gasteiger partial charge in [-0.05, 0) is 24.3 Å². The van der Waals surface area contributed by atoms with Crippen LogP contribution in [0.4, 0.5) is 0 Å². The smallest absolute Gasteiger partial charge is 0.335 e. The Morgan fingerprint density at radius 2 is 1.86 bits per heavy atom. The Labute approximate surface area is 161 Å². The number of hydrogen-bond donors (Lipinski definition) is 1. The first-order chi connectivity index (χ1) is 13.4. The summed E-state index contributed by atoms with van der Waals surface area (Å²) in [5.41, 5.74) is 2.73. The molecule has 3 aromatic rings. The second kappa shape index (κ2) is 6.56. The number of rotatable bonds is 4. The van der Waals surface area contributed by atoms with Crippen LogP contribution in [0.15, 0.2) is 54.9 Å². The third-order valence-corrected chi connectivity index (χ3v) is 5.01. The number of nitrogens with zero attached hydrogens (tertiary/aromatic N) is 2. The van der Waals surface area contributed by atoms with E-state index in [1.807, 2.05) is 32.0 Å². The number of carbonyl (C=O) groups excluding carboxylic acids is 1. The molecular weight excluding hydrogens is 356 g/mol. The van der Waals surface area contributed by atoms with Gasteiger partial charge in [-0.2, -0.15) is 0 Å². The zero-order valence-corrected chi connectivity index (χ0v) is 15.4. The van der Waals surface area contributed by atoms with E-state index in [0.717, 1.165) is 23.0 Å². The molecule has 0 bridgehead atoms. The standard InChI is InChI=1S/C22H18N2O4/c1-22(2,12-25)19-15-9-10-23-11-18(15)28-20-16(19)7-8-17(24-20)13-3-5-14(6-4-13)21(26)27/h3-12,19H,1-2H3,(H,26,27). The summed E-state index contributed by atoms with van der Waals surface area (Å²) in [7, 11) is 0. The van der Waals surface area contributed by atoms with Crippen molar-refractivity contribution in [1.82, 2.24) is 9.97 Å². The molecule has 2 aromatic heterocycles. The topological polar surface area (TPSA) is 89.4 Å². The van der Waals surface area contributed by atoms with Gasteiger partial charge in [0.25, 0.3) is 0 Å². The van der Waals surface area contributed by atoms with E-state index < -0.39 is 11.4 Å². The van der Waals surface area contributed by atoms with Crippen LogP contribution in [-0.4, -0.2) is 27.3 Å². The average molecular weight is 374 g/mol. The zero-order valence-electron chi connectivity index (χ0n) is 15.4. The highest BCUT2D eigenvalue weighted by Crippen LogP contribution is 2.50. The van der Waals surface area contributed by atoms with Gasteiger partial charge in [0, 0.05) is 34.2 Å². The molecule has 0 amide bonds. The van der Waals surface area contributed by atoms with Gasteiger partial charge in [0.1, 0.15) is 6.29 Å². The number of fused-ring (bicyclic) bond motifs is 2. The largest absolute Gasteiger partial charge is 0.478 e. The van der Waals surface area contributed by atoms with Gasteiger partial charge in [-0.1, -0.05) is 32.0 Å². The molecule has 6 nitrogen and oxygen atoms in total. The van der Waals surface area contributed by atoms with Crippen LogP contribution in [0.5, 0.6) is 11.6 Å². The minimum absolute atomic E-state index is 0.206. The van der Waals surface area contributed by atoms with Gasteiger partial charge >= 0.3 is 5.97 Å². The number of ether oxygens (including phenoxy) is 1. The highest BCUT2D eigenvalue weighted by molar-refractivity contribution is 5.88. The van der Waals surface area contributed by atoms with E-state index in [1.165, 1.54) is 12.1 Å². The van der Waals surface area contributed by atoms with E-state index in [1.54, 1.807) is 24.5 Å². The summed E-state index contributed by atoms with van der Waals surface area (Å²) in [5.74, 6) is -0.167. The first-order valence-electron chi connectivity index (χ1n) is 8.83. The molecule has 6 heteroatoms. The highest BCUT2D eigenvalue weighted by atomic mass is 16.5. The fourth-order valence-electron chi connectivity index (χ4n) is 3.55. The van der Waals surface area contributed by atoms with E-state index in [0.29, 0.717) is 17.3 Å². The molecule has 1 N–H and O–H groups in total. The molecule has 0 spiro atoms. The van der Waals surface area contributed by atoms with Crippen molar-refractivity contribution in [2.24, 2.45) is 5.41 Å². The lowest BCUT2D eigenvalue weighted by Crippen LogP contribution is -2.28. The van der Waals surface area contributed by atoms with Crippen LogP contribution in [0.3, 0.4) is 0 Å². The number of carboxylic acids is 1. The Hall–Kier alpha value is -3.54. The van der Waals surface area contributed by atoms with Crippen molar-refractivity contribution in [2.75, 3.05) is 0 Å². The Morgan fingerprint density at radius 1 is 1.11 bits per heavy atom. The van der Waals surface area contributed by atoms with Gasteiger partial charge in [0.05, 0.1) is 17.5 Å². The molecular formula is C22H18N2O4. The normalized spacial score (nSPS) is 15.1. The molecule has 3 heterocycles. The van der Waals surface area contributed by atoms with Gasteiger partial charge in [-0.25, -0.2) is 9.78 Å². The second-order valence-corrected chi connectivity index (χ2v) is 7.36. The van der Waals surface area contributed by atoms with Crippen LogP contribution in [-0.2, 0) is 4.79 Å². The molecule has 0 radical (unpaired) electrons. The monoisotopic (exact) mass is 374 g/mol. The molecule has 1 aliphatic rings. The average Bonchev–Trinajstić information content (AvgIpc) is 2.71. The summed E-state index contributed by atoms with van der Waals surface area (Å²) in [6.45, 7) is 3.78. The predicted octanol–water partition coefficient (Wildman–Crippen LogP) is 4.30. The van der Waals surface area contributed by atoms with E-state index in [2.05, 4.69) is 9.97 Å². The van der Waals surface area contributed by atoms with Crippen molar-refractivity contribution in [3.8, 4) is 22.9 Å². The van der Waals surface area contributed by atoms with Gasteiger partial charge in [0.15, 0.2) is 5.75 Å². The molecule has 0 fully saturated rings. The Kier molecular flexibility index (Phi) is 4.19. The minimum Gasteiger partial charge on any atom is -0.478 e. The van der Waals surface area contributed by atoms with Crippen molar-refractivity contribution in [1.29, 1.82) is 0 Å². The lowest BCUT2D eigenvalue weighted by molar-refractivity contribution is -0.115. The minimum atomic E-state index is -0.976. The second-order valence-electron chi connectivity index (χ2n) is 7.36. The molecule has 4 rings (SSSR count). The summed E-state index contributed by atoms with van der Waals surface area (Å²) in [5, 5.41) is 9.06. The van der Waals surface area contributed by atoms with Gasteiger partial charge in [-0.3, -0.25) is 4.98 Å². The number of aromatic nitrogens is 2. The fraction of sp³-hybridized carbons (Fsp3) is 0.182. The predicted molar refractivity (Wildman–Crippen MR) is 103 cm³/mol. The Bertz CT molecular complexity index is 1070. The lowest BCUT2D eigenvalue weighted by atomic mass is 9.71. The molecule has 140 valence electrons. The number of benzene rings is 1. The molecule has 28 heavy (non-hydrogen) atoms. The Morgan fingerprint density at radius 3 is 2.54 bits per heavy atom. The van der Waals surface area contributed by atoms with E-state index in [9.17, 15) is 9.59 Å². The van der Waals surface area contributed by atoms with Crippen LogP contribution in [0, 0.1) is 5.41 Å². The van der Waals surface area contributed by atoms with E-state index in [4.69, 9.17) is 9.84 Å². The summed E-state index contributed by atoms with van der Waals surface area (Å²) in [6.07, 6.45) is 4.27. The molecule has 0 aliphatic carbocycles. The molecule has 1 aliphatic heterocycles. The van der Waals surface area contributed by atoms with Crippen molar-refractivity contribution < 1.29 is 19.4 Å². The summed E-state index contributed by atoms with van der Waals surface area (Å²) in [4.78, 5) is 31.6. The van der Waals surface area contributed by atoms with E-state index in [-0.39, 0.29) is 11.5 Å². The van der Waals surface area contributed by atoms with Crippen LogP contribution >= 0.6 is 0 Å². The summed E-state index contributed by atoms with van der Waals surface area (Å²) >= 11 is 0. The van der Waals surface area contributed by atoms with Gasteiger partial charge in [0.2, 0.25) is 5.88 Å². The highest BCUT2D eigenvalue weighted by Gasteiger charge is 2.39. The lowest BCUT2D eigenvalue weighted by Gasteiger charge is -2.35. The van der Waals surface area contributed by atoms with Crippen molar-refractivity contribution >= 4 is 12.3 Å². The van der Waals surface area contributed by atoms with Gasteiger partial charge in [-0.15, -0.1) is 0 Å². The number of carbonyl (C=O) groups is 2. The quantitative estimate of drug-likeness (QED) is 0.685. The first-order valence-corrected chi connectivity index (χ1v) is 8.83. The Balaban J connectivity index is 1.81. The van der Waals surface area contributed by atoms with Crippen LogP contribution in [0.2, 0.25) is 0 Å². The number of hydrogen-bond acceptors (Lipinski definition) is 5. The van der Waals surface area contributed by atoms with Crippen molar-refractivity contribution in [3.05, 3.63) is 71.5 Å². The number of aromatic carboxylic acids is 1. The maximum atomic E-state index is 11.8. The fourth-order valence-corrected chi connectivity index (χ4v) is 3.55. The maximum absolute atomic E-state index is 11.8. The summed E-state index contributed by atoms with van der Waals surface area (Å²) < 4.78 is 5.99. The van der Waals surface area contributed by atoms with E-state index >= 15 is 0 Å². The third kappa shape index (κ3) is 2.93. The number of carboxylic acid groups (broad SMARTS) is 1. The van der Waals surface area contributed by atoms with Gasteiger partial charge < -0.3 is 14.6 Å². The zero-order chi connectivity index (χ0) is 19.9. The van der Waals surface area contributed by atoms with Crippen LogP contribution in [0.25, 0.3) is 11.3 Å². The first kappa shape index (κ1) is 17.9. The molecule has 1 atom stereocenters. The third-order valence-electron chi connectivity index (χ3n) is 5.01. The molecule has 0 saturated carbocycles.